The first-order chi connectivity index (χ1) is 15.6. The van der Waals surface area contributed by atoms with Gasteiger partial charge in [0.2, 0.25) is 5.88 Å². The molecule has 0 saturated heterocycles. The van der Waals surface area contributed by atoms with E-state index in [0.717, 1.165) is 22.6 Å². The molecular weight excluding hydrogens is 406 g/mol. The van der Waals surface area contributed by atoms with E-state index >= 15 is 0 Å². The minimum atomic E-state index is -0.407. The number of rotatable bonds is 6. The van der Waals surface area contributed by atoms with Gasteiger partial charge in [0.1, 0.15) is 23.1 Å². The highest BCUT2D eigenvalue weighted by Gasteiger charge is 2.23. The summed E-state index contributed by atoms with van der Waals surface area (Å²) in [6, 6.07) is 18.4. The number of carbonyl (C=O) groups is 1. The Morgan fingerprint density at radius 3 is 2.56 bits per heavy atom. The Balaban J connectivity index is 1.88. The number of carbonyl (C=O) groups excluding carboxylic acids is 1. The maximum absolute atomic E-state index is 12.8. The average Bonchev–Trinajstić information content (AvgIpc) is 3.10. The van der Waals surface area contributed by atoms with Crippen LogP contribution >= 0.6 is 0 Å². The van der Waals surface area contributed by atoms with E-state index in [2.05, 4.69) is 11.1 Å². The number of benzene rings is 2. The van der Waals surface area contributed by atoms with Gasteiger partial charge in [0.05, 0.1) is 24.8 Å². The minimum absolute atomic E-state index is 0.207. The van der Waals surface area contributed by atoms with E-state index in [1.807, 2.05) is 41.8 Å². The van der Waals surface area contributed by atoms with Crippen molar-refractivity contribution in [2.24, 2.45) is 0 Å². The van der Waals surface area contributed by atoms with Crippen LogP contribution in [0.1, 0.15) is 28.5 Å². The molecule has 2 aromatic carbocycles. The molecule has 0 N–H and O–H groups in total. The zero-order valence-electron chi connectivity index (χ0n) is 18.0. The predicted molar refractivity (Wildman–Crippen MR) is 120 cm³/mol. The van der Waals surface area contributed by atoms with Crippen LogP contribution in [0.3, 0.4) is 0 Å². The molecule has 7 nitrogen and oxygen atoms in total. The van der Waals surface area contributed by atoms with Crippen molar-refractivity contribution in [2.45, 2.75) is 13.8 Å². The summed E-state index contributed by atoms with van der Waals surface area (Å²) in [5.74, 6) is 1.01. The maximum Gasteiger partial charge on any atom is 0.340 e. The highest BCUT2D eigenvalue weighted by Crippen LogP contribution is 2.34. The van der Waals surface area contributed by atoms with Crippen molar-refractivity contribution in [1.82, 2.24) is 9.55 Å². The SMILES string of the molecule is CCOC(=O)c1c(C)n(-c2ccc(OC)cc2)c2ccc(Oc3ncccc3C#N)cc12. The second-order valence-electron chi connectivity index (χ2n) is 6.96. The number of nitriles is 1. The molecule has 0 fully saturated rings. The minimum Gasteiger partial charge on any atom is -0.497 e. The maximum atomic E-state index is 12.8. The highest BCUT2D eigenvalue weighted by molar-refractivity contribution is 6.07. The summed E-state index contributed by atoms with van der Waals surface area (Å²) in [5.41, 5.74) is 3.24. The fourth-order valence-electron chi connectivity index (χ4n) is 3.66. The third-order valence-corrected chi connectivity index (χ3v) is 5.09. The van der Waals surface area contributed by atoms with Gasteiger partial charge in [-0.1, -0.05) is 0 Å². The lowest BCUT2D eigenvalue weighted by Gasteiger charge is -2.10. The molecule has 0 unspecified atom stereocenters. The van der Waals surface area contributed by atoms with Gasteiger partial charge in [-0.3, -0.25) is 0 Å². The third kappa shape index (κ3) is 3.74. The van der Waals surface area contributed by atoms with Crippen LogP contribution in [0.25, 0.3) is 16.6 Å². The van der Waals surface area contributed by atoms with E-state index in [1.54, 1.807) is 44.5 Å². The van der Waals surface area contributed by atoms with Crippen molar-refractivity contribution in [3.8, 4) is 29.1 Å². The summed E-state index contributed by atoms with van der Waals surface area (Å²) >= 11 is 0. The topological polar surface area (TPSA) is 86.4 Å². The van der Waals surface area contributed by atoms with Gasteiger partial charge in [0.25, 0.3) is 0 Å². The number of aromatic nitrogens is 2. The quantitative estimate of drug-likeness (QED) is 0.394. The fraction of sp³-hybridized carbons (Fsp3) is 0.160. The van der Waals surface area contributed by atoms with Gasteiger partial charge >= 0.3 is 5.97 Å². The lowest BCUT2D eigenvalue weighted by atomic mass is 10.1. The first kappa shape index (κ1) is 20.9. The number of hydrogen-bond acceptors (Lipinski definition) is 6. The van der Waals surface area contributed by atoms with Crippen molar-refractivity contribution in [3.63, 3.8) is 0 Å². The van der Waals surface area contributed by atoms with E-state index in [-0.39, 0.29) is 12.5 Å². The van der Waals surface area contributed by atoms with E-state index in [9.17, 15) is 10.1 Å². The number of nitrogens with zero attached hydrogens (tertiary/aromatic N) is 3. The predicted octanol–water partition coefficient (Wildman–Crippen LogP) is 5.18. The number of fused-ring (bicyclic) bond motifs is 1. The van der Waals surface area contributed by atoms with Crippen molar-refractivity contribution < 1.29 is 19.0 Å². The smallest absolute Gasteiger partial charge is 0.340 e. The zero-order valence-corrected chi connectivity index (χ0v) is 18.0. The van der Waals surface area contributed by atoms with Crippen LogP contribution in [0.15, 0.2) is 60.8 Å². The van der Waals surface area contributed by atoms with Gasteiger partial charge < -0.3 is 18.8 Å². The number of ether oxygens (including phenoxy) is 3. The van der Waals surface area contributed by atoms with E-state index in [1.165, 1.54) is 0 Å². The molecule has 32 heavy (non-hydrogen) atoms. The molecule has 0 atom stereocenters. The molecular formula is C25H21N3O4. The molecule has 2 heterocycles. The molecule has 7 heteroatoms. The van der Waals surface area contributed by atoms with E-state index < -0.39 is 5.97 Å². The highest BCUT2D eigenvalue weighted by atomic mass is 16.5. The van der Waals surface area contributed by atoms with Gasteiger partial charge in [-0.25, -0.2) is 9.78 Å². The van der Waals surface area contributed by atoms with Gasteiger partial charge in [0.15, 0.2) is 0 Å². The first-order valence-corrected chi connectivity index (χ1v) is 10.1. The molecule has 0 aliphatic rings. The summed E-state index contributed by atoms with van der Waals surface area (Å²) in [5, 5.41) is 9.99. The molecule has 4 rings (SSSR count). The molecule has 4 aromatic rings. The lowest BCUT2D eigenvalue weighted by molar-refractivity contribution is 0.0527. The van der Waals surface area contributed by atoms with Gasteiger partial charge in [-0.05, 0) is 68.4 Å². The Morgan fingerprint density at radius 1 is 1.12 bits per heavy atom. The molecule has 0 aliphatic heterocycles. The number of methoxy groups -OCH3 is 1. The Labute approximate surface area is 185 Å². The number of pyridine rings is 1. The molecule has 0 radical (unpaired) electrons. The van der Waals surface area contributed by atoms with Crippen molar-refractivity contribution in [3.05, 3.63) is 77.6 Å². The lowest BCUT2D eigenvalue weighted by Crippen LogP contribution is -2.07. The molecule has 0 bridgehead atoms. The third-order valence-electron chi connectivity index (χ3n) is 5.09. The molecule has 0 spiro atoms. The number of esters is 1. The van der Waals surface area contributed by atoms with Crippen molar-refractivity contribution in [1.29, 1.82) is 5.26 Å². The standard InChI is InChI=1S/C25H21N3O4/c1-4-31-25(29)23-16(2)28(18-7-9-19(30-3)10-8-18)22-12-11-20(14-21(22)23)32-24-17(15-26)6-5-13-27-24/h5-14H,4H2,1-3H3. The van der Waals surface area contributed by atoms with Crippen LogP contribution in [-0.4, -0.2) is 29.2 Å². The fourth-order valence-corrected chi connectivity index (χ4v) is 3.66. The summed E-state index contributed by atoms with van der Waals surface area (Å²) in [6.45, 7) is 3.92. The summed E-state index contributed by atoms with van der Waals surface area (Å²) < 4.78 is 18.5. The van der Waals surface area contributed by atoms with Gasteiger partial charge in [-0.2, -0.15) is 5.26 Å². The van der Waals surface area contributed by atoms with Gasteiger partial charge in [0, 0.05) is 23.0 Å². The second kappa shape index (κ2) is 8.82. The molecule has 0 aliphatic carbocycles. The molecule has 160 valence electrons. The van der Waals surface area contributed by atoms with E-state index in [0.29, 0.717) is 22.3 Å². The van der Waals surface area contributed by atoms with Crippen molar-refractivity contribution >= 4 is 16.9 Å². The summed E-state index contributed by atoms with van der Waals surface area (Å²) in [4.78, 5) is 17.0. The van der Waals surface area contributed by atoms with E-state index in [4.69, 9.17) is 14.2 Å². The molecule has 0 amide bonds. The van der Waals surface area contributed by atoms with Crippen LogP contribution < -0.4 is 9.47 Å². The first-order valence-electron chi connectivity index (χ1n) is 10.1. The average molecular weight is 427 g/mol. The largest absolute Gasteiger partial charge is 0.497 e. The summed E-state index contributed by atoms with van der Waals surface area (Å²) in [6.07, 6.45) is 1.56. The zero-order chi connectivity index (χ0) is 22.7. The van der Waals surface area contributed by atoms with Crippen LogP contribution in [0, 0.1) is 18.3 Å². The normalized spacial score (nSPS) is 10.6. The Kier molecular flexibility index (Phi) is 5.77. The van der Waals surface area contributed by atoms with Crippen LogP contribution in [0.4, 0.5) is 0 Å². The molecule has 0 saturated carbocycles. The monoisotopic (exact) mass is 427 g/mol. The van der Waals surface area contributed by atoms with Crippen molar-refractivity contribution in [2.75, 3.05) is 13.7 Å². The van der Waals surface area contributed by atoms with Crippen LogP contribution in [-0.2, 0) is 4.74 Å². The van der Waals surface area contributed by atoms with Crippen LogP contribution in [0.2, 0.25) is 0 Å². The Hall–Kier alpha value is -4.31. The summed E-state index contributed by atoms with van der Waals surface area (Å²) in [7, 11) is 1.62. The number of hydrogen-bond donors (Lipinski definition) is 0. The second-order valence-corrected chi connectivity index (χ2v) is 6.96. The molecule has 2 aromatic heterocycles. The Morgan fingerprint density at radius 2 is 1.88 bits per heavy atom. The van der Waals surface area contributed by atoms with Crippen LogP contribution in [0.5, 0.6) is 17.4 Å². The van der Waals surface area contributed by atoms with Gasteiger partial charge in [-0.15, -0.1) is 0 Å². The Bertz CT molecular complexity index is 1330.